The van der Waals surface area contributed by atoms with Crippen LogP contribution in [0.4, 0.5) is 0 Å². The first-order valence-corrected chi connectivity index (χ1v) is 8.65. The predicted octanol–water partition coefficient (Wildman–Crippen LogP) is 0.702. The van der Waals surface area contributed by atoms with Gasteiger partial charge in [0.15, 0.2) is 12.4 Å². The molecule has 22 heavy (non-hydrogen) atoms. The van der Waals surface area contributed by atoms with Crippen LogP contribution >= 0.6 is 0 Å². The molecule has 0 radical (unpaired) electrons. The maximum atomic E-state index is 12.2. The van der Waals surface area contributed by atoms with Crippen LogP contribution in [0.15, 0.2) is 30.3 Å². The standard InChI is InChI=1S/C14H16O7S/c1-22(16,17)21-10-7-12-18-8-11(19-12)13(10)20-14(15)9-5-3-2-4-6-9/h2-6,10-13H,7-8H2,1H3/t10-,11+,12+,13+/m1/s1. The summed E-state index contributed by atoms with van der Waals surface area (Å²) in [6.07, 6.45) is -1.55. The number of hydrogen-bond acceptors (Lipinski definition) is 7. The molecule has 4 atom stereocenters. The van der Waals surface area contributed by atoms with Crippen molar-refractivity contribution >= 4 is 16.1 Å². The average Bonchev–Trinajstić information content (AvgIpc) is 2.85. The quantitative estimate of drug-likeness (QED) is 0.594. The Hall–Kier alpha value is -1.48. The van der Waals surface area contributed by atoms with Gasteiger partial charge in [0.1, 0.15) is 12.2 Å². The van der Waals surface area contributed by atoms with E-state index in [0.717, 1.165) is 6.26 Å². The summed E-state index contributed by atoms with van der Waals surface area (Å²) < 4.78 is 44.1. The molecule has 2 saturated heterocycles. The van der Waals surface area contributed by atoms with Gasteiger partial charge in [-0.25, -0.2) is 4.79 Å². The minimum absolute atomic E-state index is 0.191. The van der Waals surface area contributed by atoms with Crippen LogP contribution in [-0.2, 0) is 28.5 Å². The van der Waals surface area contributed by atoms with E-state index >= 15 is 0 Å². The third kappa shape index (κ3) is 3.46. The van der Waals surface area contributed by atoms with E-state index in [9.17, 15) is 13.2 Å². The van der Waals surface area contributed by atoms with Gasteiger partial charge in [-0.2, -0.15) is 8.42 Å². The van der Waals surface area contributed by atoms with Crippen molar-refractivity contribution in [2.75, 3.05) is 12.9 Å². The first kappa shape index (κ1) is 15.4. The van der Waals surface area contributed by atoms with Crippen molar-refractivity contribution < 1.29 is 31.6 Å². The molecule has 1 aromatic rings. The minimum Gasteiger partial charge on any atom is -0.453 e. The van der Waals surface area contributed by atoms with Crippen molar-refractivity contribution in [1.82, 2.24) is 0 Å². The van der Waals surface area contributed by atoms with Crippen molar-refractivity contribution in [3.63, 3.8) is 0 Å². The fourth-order valence-corrected chi connectivity index (χ4v) is 3.21. The van der Waals surface area contributed by atoms with Crippen LogP contribution < -0.4 is 0 Å². The molecule has 3 rings (SSSR count). The number of carbonyl (C=O) groups excluding carboxylic acids is 1. The molecule has 0 aromatic heterocycles. The van der Waals surface area contributed by atoms with Crippen LogP contribution in [0.5, 0.6) is 0 Å². The topological polar surface area (TPSA) is 88.1 Å². The van der Waals surface area contributed by atoms with E-state index in [2.05, 4.69) is 0 Å². The van der Waals surface area contributed by atoms with Gasteiger partial charge in [-0.1, -0.05) is 18.2 Å². The Morgan fingerprint density at radius 2 is 2.00 bits per heavy atom. The Morgan fingerprint density at radius 3 is 2.68 bits per heavy atom. The number of carbonyl (C=O) groups is 1. The lowest BCUT2D eigenvalue weighted by molar-refractivity contribution is -0.160. The molecule has 0 N–H and O–H groups in total. The summed E-state index contributed by atoms with van der Waals surface area (Å²) in [5.41, 5.74) is 0.377. The fourth-order valence-electron chi connectivity index (χ4n) is 2.57. The molecule has 8 heteroatoms. The molecule has 0 saturated carbocycles. The maximum Gasteiger partial charge on any atom is 0.338 e. The highest BCUT2D eigenvalue weighted by Crippen LogP contribution is 2.32. The van der Waals surface area contributed by atoms with Gasteiger partial charge in [0, 0.05) is 6.42 Å². The molecule has 0 aliphatic carbocycles. The molecule has 0 unspecified atom stereocenters. The van der Waals surface area contributed by atoms with E-state index in [1.165, 1.54) is 0 Å². The molecule has 2 fully saturated rings. The molecule has 2 bridgehead atoms. The zero-order chi connectivity index (χ0) is 15.7. The van der Waals surface area contributed by atoms with Gasteiger partial charge in [-0.15, -0.1) is 0 Å². The smallest absolute Gasteiger partial charge is 0.338 e. The first-order valence-electron chi connectivity index (χ1n) is 6.84. The largest absolute Gasteiger partial charge is 0.453 e. The van der Waals surface area contributed by atoms with E-state index in [4.69, 9.17) is 18.4 Å². The predicted molar refractivity (Wildman–Crippen MR) is 74.6 cm³/mol. The van der Waals surface area contributed by atoms with E-state index in [1.54, 1.807) is 30.3 Å². The third-order valence-electron chi connectivity index (χ3n) is 3.48. The van der Waals surface area contributed by atoms with Crippen LogP contribution in [0.1, 0.15) is 16.8 Å². The van der Waals surface area contributed by atoms with Gasteiger partial charge >= 0.3 is 5.97 Å². The third-order valence-corrected chi connectivity index (χ3v) is 4.08. The zero-order valence-corrected chi connectivity index (χ0v) is 12.7. The lowest BCUT2D eigenvalue weighted by Gasteiger charge is -2.33. The summed E-state index contributed by atoms with van der Waals surface area (Å²) in [5, 5.41) is 0. The van der Waals surface area contributed by atoms with Gasteiger partial charge in [-0.3, -0.25) is 4.18 Å². The second kappa shape index (κ2) is 5.96. The second-order valence-electron chi connectivity index (χ2n) is 5.25. The summed E-state index contributed by atoms with van der Waals surface area (Å²) in [4.78, 5) is 12.2. The summed E-state index contributed by atoms with van der Waals surface area (Å²) in [6, 6.07) is 8.45. The van der Waals surface area contributed by atoms with E-state index < -0.39 is 40.7 Å². The van der Waals surface area contributed by atoms with Crippen LogP contribution in [0, 0.1) is 0 Å². The number of rotatable bonds is 4. The minimum atomic E-state index is -3.68. The van der Waals surface area contributed by atoms with E-state index in [1.807, 2.05) is 0 Å². The van der Waals surface area contributed by atoms with Crippen LogP contribution in [0.3, 0.4) is 0 Å². The fraction of sp³-hybridized carbons (Fsp3) is 0.500. The molecule has 7 nitrogen and oxygen atoms in total. The van der Waals surface area contributed by atoms with Gasteiger partial charge in [0.25, 0.3) is 10.1 Å². The summed E-state index contributed by atoms with van der Waals surface area (Å²) in [6.45, 7) is 0.237. The lowest BCUT2D eigenvalue weighted by Crippen LogP contribution is -2.48. The highest BCUT2D eigenvalue weighted by Gasteiger charge is 2.48. The summed E-state index contributed by atoms with van der Waals surface area (Å²) in [7, 11) is -3.68. The average molecular weight is 328 g/mol. The van der Waals surface area contributed by atoms with E-state index in [0.29, 0.717) is 5.56 Å². The van der Waals surface area contributed by atoms with Crippen molar-refractivity contribution in [3.8, 4) is 0 Å². The highest BCUT2D eigenvalue weighted by molar-refractivity contribution is 7.86. The molecule has 2 heterocycles. The van der Waals surface area contributed by atoms with Crippen LogP contribution in [0.25, 0.3) is 0 Å². The lowest BCUT2D eigenvalue weighted by atomic mass is 10.0. The van der Waals surface area contributed by atoms with Crippen LogP contribution in [0.2, 0.25) is 0 Å². The number of hydrogen-bond donors (Lipinski definition) is 0. The second-order valence-corrected chi connectivity index (χ2v) is 6.85. The van der Waals surface area contributed by atoms with Gasteiger partial charge in [0.2, 0.25) is 0 Å². The summed E-state index contributed by atoms with van der Waals surface area (Å²) >= 11 is 0. The molecule has 120 valence electrons. The Balaban J connectivity index is 1.77. The number of esters is 1. The maximum absolute atomic E-state index is 12.2. The first-order chi connectivity index (χ1) is 10.4. The van der Waals surface area contributed by atoms with Gasteiger partial charge < -0.3 is 14.2 Å². The van der Waals surface area contributed by atoms with Crippen LogP contribution in [-0.4, -0.2) is 51.9 Å². The monoisotopic (exact) mass is 328 g/mol. The summed E-state index contributed by atoms with van der Waals surface area (Å²) in [5.74, 6) is -0.554. The molecule has 0 spiro atoms. The van der Waals surface area contributed by atoms with Crippen molar-refractivity contribution in [1.29, 1.82) is 0 Å². The SMILES string of the molecule is CS(=O)(=O)O[C@@H]1C[C@H]2OC[C@H](O2)[C@H]1OC(=O)c1ccccc1. The molecule has 2 aliphatic rings. The van der Waals surface area contributed by atoms with Crippen molar-refractivity contribution in [3.05, 3.63) is 35.9 Å². The van der Waals surface area contributed by atoms with Gasteiger partial charge in [-0.05, 0) is 12.1 Å². The Morgan fingerprint density at radius 1 is 1.27 bits per heavy atom. The number of benzene rings is 1. The van der Waals surface area contributed by atoms with Crippen molar-refractivity contribution in [2.45, 2.75) is 31.0 Å². The molecular weight excluding hydrogens is 312 g/mol. The highest BCUT2D eigenvalue weighted by atomic mass is 32.2. The Kier molecular flexibility index (Phi) is 4.18. The Bertz CT molecular complexity index is 642. The molecular formula is C14H16O7S. The van der Waals surface area contributed by atoms with Gasteiger partial charge in [0.05, 0.1) is 18.4 Å². The Labute approximate surface area is 128 Å². The number of fused-ring (bicyclic) bond motifs is 2. The van der Waals surface area contributed by atoms with Crippen molar-refractivity contribution in [2.24, 2.45) is 0 Å². The molecule has 0 amide bonds. The molecule has 1 aromatic carbocycles. The zero-order valence-electron chi connectivity index (χ0n) is 11.9. The van der Waals surface area contributed by atoms with E-state index in [-0.39, 0.29) is 13.0 Å². The normalized spacial score (nSPS) is 31.0. The number of ether oxygens (including phenoxy) is 3. The molecule has 2 aliphatic heterocycles.